The number of carbonyl (C=O) groups is 1. The number of halogens is 2. The van der Waals surface area contributed by atoms with E-state index in [4.69, 9.17) is 11.6 Å². The van der Waals surface area contributed by atoms with Crippen molar-refractivity contribution in [2.24, 2.45) is 0 Å². The molecule has 0 spiro atoms. The van der Waals surface area contributed by atoms with Crippen LogP contribution in [0.4, 0.5) is 10.1 Å². The molecule has 1 fully saturated rings. The third-order valence-corrected chi connectivity index (χ3v) is 4.47. The lowest BCUT2D eigenvalue weighted by molar-refractivity contribution is 0.0741. The highest BCUT2D eigenvalue weighted by atomic mass is 35.5. The molecule has 25 heavy (non-hydrogen) atoms. The van der Waals surface area contributed by atoms with Crippen molar-refractivity contribution in [3.63, 3.8) is 0 Å². The first kappa shape index (κ1) is 15.8. The van der Waals surface area contributed by atoms with Crippen molar-refractivity contribution in [1.82, 2.24) is 19.5 Å². The van der Waals surface area contributed by atoms with Gasteiger partial charge in [-0.25, -0.2) is 13.9 Å². The van der Waals surface area contributed by atoms with Crippen molar-refractivity contribution in [2.45, 2.75) is 0 Å². The summed E-state index contributed by atoms with van der Waals surface area (Å²) in [4.78, 5) is 20.9. The van der Waals surface area contributed by atoms with Crippen LogP contribution in [0.25, 0.3) is 5.65 Å². The monoisotopic (exact) mass is 359 g/mol. The van der Waals surface area contributed by atoms with Gasteiger partial charge >= 0.3 is 0 Å². The summed E-state index contributed by atoms with van der Waals surface area (Å²) in [6, 6.07) is 9.76. The quantitative estimate of drug-likeness (QED) is 0.705. The zero-order valence-corrected chi connectivity index (χ0v) is 14.0. The minimum Gasteiger partial charge on any atom is -0.368 e. The topological polar surface area (TPSA) is 53.7 Å². The molecule has 1 saturated heterocycles. The maximum Gasteiger partial charge on any atom is 0.274 e. The lowest BCUT2D eigenvalue weighted by Crippen LogP contribution is -2.48. The van der Waals surface area contributed by atoms with E-state index in [1.807, 2.05) is 0 Å². The van der Waals surface area contributed by atoms with E-state index < -0.39 is 0 Å². The van der Waals surface area contributed by atoms with Gasteiger partial charge in [0.1, 0.15) is 16.7 Å². The van der Waals surface area contributed by atoms with E-state index in [9.17, 15) is 9.18 Å². The Labute approximate surface area is 148 Å². The molecule has 0 aliphatic carbocycles. The van der Waals surface area contributed by atoms with E-state index in [0.717, 1.165) is 5.69 Å². The maximum atomic E-state index is 13.0. The molecule has 3 aromatic rings. The molecule has 0 radical (unpaired) electrons. The van der Waals surface area contributed by atoms with Gasteiger partial charge in [-0.1, -0.05) is 11.6 Å². The van der Waals surface area contributed by atoms with Gasteiger partial charge in [0.2, 0.25) is 0 Å². The molecular formula is C17H15ClFN5O. The minimum atomic E-state index is -0.252. The first-order chi connectivity index (χ1) is 12.1. The van der Waals surface area contributed by atoms with E-state index in [2.05, 4.69) is 15.0 Å². The van der Waals surface area contributed by atoms with Gasteiger partial charge in [0, 0.05) is 31.9 Å². The number of fused-ring (bicyclic) bond motifs is 1. The van der Waals surface area contributed by atoms with Crippen molar-refractivity contribution in [1.29, 1.82) is 0 Å². The number of benzene rings is 1. The molecule has 1 aliphatic rings. The highest BCUT2D eigenvalue weighted by Gasteiger charge is 2.24. The summed E-state index contributed by atoms with van der Waals surface area (Å²) in [6.07, 6.45) is 1.59. The highest BCUT2D eigenvalue weighted by molar-refractivity contribution is 6.29. The molecule has 3 heterocycles. The van der Waals surface area contributed by atoms with Crippen LogP contribution >= 0.6 is 11.6 Å². The van der Waals surface area contributed by atoms with Crippen molar-refractivity contribution in [3.8, 4) is 0 Å². The summed E-state index contributed by atoms with van der Waals surface area (Å²) >= 11 is 5.86. The second-order valence-corrected chi connectivity index (χ2v) is 6.23. The number of piperazine rings is 1. The molecule has 6 nitrogen and oxygen atoms in total. The summed E-state index contributed by atoms with van der Waals surface area (Å²) in [7, 11) is 0. The summed E-state index contributed by atoms with van der Waals surface area (Å²) in [5.74, 6) is -0.376. The SMILES string of the molecule is O=C(c1cn2nc(Cl)ccc2n1)N1CCN(c2ccc(F)cc2)CC1. The van der Waals surface area contributed by atoms with Gasteiger partial charge in [0.25, 0.3) is 5.91 Å². The fourth-order valence-electron chi connectivity index (χ4n) is 2.94. The van der Waals surface area contributed by atoms with Gasteiger partial charge in [0.05, 0.1) is 6.20 Å². The highest BCUT2D eigenvalue weighted by Crippen LogP contribution is 2.18. The average Bonchev–Trinajstić information content (AvgIpc) is 3.05. The molecule has 0 unspecified atom stereocenters. The molecule has 0 bridgehead atoms. The van der Waals surface area contributed by atoms with Gasteiger partial charge in [0.15, 0.2) is 5.65 Å². The van der Waals surface area contributed by atoms with Crippen LogP contribution in [0.3, 0.4) is 0 Å². The predicted molar refractivity (Wildman–Crippen MR) is 92.5 cm³/mol. The van der Waals surface area contributed by atoms with E-state index in [0.29, 0.717) is 42.7 Å². The first-order valence-electron chi connectivity index (χ1n) is 7.92. The van der Waals surface area contributed by atoms with Crippen molar-refractivity contribution in [2.75, 3.05) is 31.1 Å². The molecule has 0 saturated carbocycles. The average molecular weight is 360 g/mol. The minimum absolute atomic E-state index is 0.125. The van der Waals surface area contributed by atoms with Crippen LogP contribution in [-0.2, 0) is 0 Å². The third-order valence-electron chi connectivity index (χ3n) is 4.27. The molecule has 4 rings (SSSR count). The summed E-state index contributed by atoms with van der Waals surface area (Å²) in [6.45, 7) is 2.54. The molecule has 1 aromatic carbocycles. The van der Waals surface area contributed by atoms with Gasteiger partial charge in [-0.15, -0.1) is 0 Å². The standard InChI is InChI=1S/C17H15ClFN5O/c18-15-5-6-16-20-14(11-24(16)21-15)17(25)23-9-7-22(8-10-23)13-3-1-12(19)2-4-13/h1-6,11H,7-10H2. The van der Waals surface area contributed by atoms with Gasteiger partial charge in [-0.2, -0.15) is 5.10 Å². The Morgan fingerprint density at radius 3 is 2.48 bits per heavy atom. The van der Waals surface area contributed by atoms with Crippen LogP contribution < -0.4 is 4.90 Å². The zero-order valence-electron chi connectivity index (χ0n) is 13.3. The molecule has 2 aromatic heterocycles. The van der Waals surface area contributed by atoms with Crippen LogP contribution in [0, 0.1) is 5.82 Å². The Balaban J connectivity index is 1.46. The number of carbonyl (C=O) groups excluding carboxylic acids is 1. The van der Waals surface area contributed by atoms with Crippen LogP contribution in [-0.4, -0.2) is 51.6 Å². The normalized spacial score (nSPS) is 15.0. The molecule has 0 atom stereocenters. The van der Waals surface area contributed by atoms with E-state index >= 15 is 0 Å². The van der Waals surface area contributed by atoms with Gasteiger partial charge < -0.3 is 9.80 Å². The maximum absolute atomic E-state index is 13.0. The second-order valence-electron chi connectivity index (χ2n) is 5.84. The van der Waals surface area contributed by atoms with Gasteiger partial charge in [-0.05, 0) is 36.4 Å². The Hall–Kier alpha value is -2.67. The van der Waals surface area contributed by atoms with Gasteiger partial charge in [-0.3, -0.25) is 4.79 Å². The lowest BCUT2D eigenvalue weighted by atomic mass is 10.2. The summed E-state index contributed by atoms with van der Waals surface area (Å²) in [5.41, 5.74) is 1.89. The number of nitrogens with zero attached hydrogens (tertiary/aromatic N) is 5. The molecule has 128 valence electrons. The predicted octanol–water partition coefficient (Wildman–Crippen LogP) is 2.48. The summed E-state index contributed by atoms with van der Waals surface area (Å²) in [5, 5.41) is 4.44. The molecule has 8 heteroatoms. The van der Waals surface area contributed by atoms with E-state index in [1.165, 1.54) is 16.6 Å². The van der Waals surface area contributed by atoms with Crippen molar-refractivity contribution in [3.05, 3.63) is 59.3 Å². The number of anilines is 1. The van der Waals surface area contributed by atoms with Crippen molar-refractivity contribution >= 4 is 28.8 Å². The molecule has 1 amide bonds. The zero-order chi connectivity index (χ0) is 17.4. The van der Waals surface area contributed by atoms with Crippen molar-refractivity contribution < 1.29 is 9.18 Å². The Morgan fingerprint density at radius 1 is 1.04 bits per heavy atom. The largest absolute Gasteiger partial charge is 0.368 e. The fraction of sp³-hybridized carbons (Fsp3) is 0.235. The number of imidazole rings is 1. The molecular weight excluding hydrogens is 345 g/mol. The molecule has 1 aliphatic heterocycles. The lowest BCUT2D eigenvalue weighted by Gasteiger charge is -2.35. The second kappa shape index (κ2) is 6.33. The number of amides is 1. The first-order valence-corrected chi connectivity index (χ1v) is 8.30. The fourth-order valence-corrected chi connectivity index (χ4v) is 3.09. The number of hydrogen-bond donors (Lipinski definition) is 0. The molecule has 0 N–H and O–H groups in total. The van der Waals surface area contributed by atoms with Crippen LogP contribution in [0.2, 0.25) is 5.15 Å². The Kier molecular flexibility index (Phi) is 4.01. The van der Waals surface area contributed by atoms with E-state index in [1.54, 1.807) is 35.4 Å². The van der Waals surface area contributed by atoms with Crippen LogP contribution in [0.15, 0.2) is 42.6 Å². The number of hydrogen-bond acceptors (Lipinski definition) is 4. The Bertz CT molecular complexity index is 918. The number of aromatic nitrogens is 3. The van der Waals surface area contributed by atoms with Crippen LogP contribution in [0.5, 0.6) is 0 Å². The Morgan fingerprint density at radius 2 is 1.76 bits per heavy atom. The smallest absolute Gasteiger partial charge is 0.274 e. The number of rotatable bonds is 2. The summed E-state index contributed by atoms with van der Waals surface area (Å²) < 4.78 is 14.5. The van der Waals surface area contributed by atoms with E-state index in [-0.39, 0.29) is 11.7 Å². The third kappa shape index (κ3) is 3.15. The van der Waals surface area contributed by atoms with Crippen LogP contribution in [0.1, 0.15) is 10.5 Å².